The van der Waals surface area contributed by atoms with Gasteiger partial charge in [-0.15, -0.1) is 11.3 Å². The molecule has 6 nitrogen and oxygen atoms in total. The van der Waals surface area contributed by atoms with Crippen LogP contribution in [0.4, 0.5) is 11.4 Å². The van der Waals surface area contributed by atoms with Crippen molar-refractivity contribution in [3.63, 3.8) is 0 Å². The quantitative estimate of drug-likeness (QED) is 0.629. The Labute approximate surface area is 167 Å². The van der Waals surface area contributed by atoms with Gasteiger partial charge in [0.15, 0.2) is 0 Å². The molecular weight excluding hydrogens is 374 g/mol. The van der Waals surface area contributed by atoms with Crippen molar-refractivity contribution in [3.8, 4) is 5.75 Å². The summed E-state index contributed by atoms with van der Waals surface area (Å²) in [7, 11) is 0. The molecule has 0 fully saturated rings. The highest BCUT2D eigenvalue weighted by Crippen LogP contribution is 2.18. The van der Waals surface area contributed by atoms with E-state index in [1.807, 2.05) is 36.6 Å². The topological polar surface area (TPSA) is 80.3 Å². The number of thiazole rings is 1. The molecule has 28 heavy (non-hydrogen) atoms. The van der Waals surface area contributed by atoms with Crippen molar-refractivity contribution in [3.05, 3.63) is 70.2 Å². The number of benzene rings is 2. The van der Waals surface area contributed by atoms with Crippen LogP contribution >= 0.6 is 11.3 Å². The van der Waals surface area contributed by atoms with Gasteiger partial charge in [-0.1, -0.05) is 18.2 Å². The number of carbonyl (C=O) groups excluding carboxylic acids is 2. The fraction of sp³-hybridized carbons (Fsp3) is 0.190. The number of aromatic nitrogens is 1. The minimum atomic E-state index is -0.170. The summed E-state index contributed by atoms with van der Waals surface area (Å²) in [5.74, 6) is 0.469. The summed E-state index contributed by atoms with van der Waals surface area (Å²) in [6.45, 7) is 3.82. The maximum absolute atomic E-state index is 12.3. The Hall–Kier alpha value is -3.19. The minimum absolute atomic E-state index is 0.161. The van der Waals surface area contributed by atoms with Crippen molar-refractivity contribution >= 4 is 34.5 Å². The third-order valence-corrected chi connectivity index (χ3v) is 4.63. The smallest absolute Gasteiger partial charge is 0.230 e. The molecule has 0 atom stereocenters. The molecule has 144 valence electrons. The van der Waals surface area contributed by atoms with Crippen molar-refractivity contribution in [2.45, 2.75) is 26.9 Å². The lowest BCUT2D eigenvalue weighted by molar-refractivity contribution is -0.116. The van der Waals surface area contributed by atoms with Gasteiger partial charge in [0.25, 0.3) is 0 Å². The van der Waals surface area contributed by atoms with Gasteiger partial charge in [-0.25, -0.2) is 4.98 Å². The van der Waals surface area contributed by atoms with Crippen molar-refractivity contribution in [2.75, 3.05) is 10.6 Å². The Kier molecular flexibility index (Phi) is 6.39. The van der Waals surface area contributed by atoms with Crippen molar-refractivity contribution in [2.24, 2.45) is 0 Å². The molecule has 0 unspecified atom stereocenters. The van der Waals surface area contributed by atoms with Gasteiger partial charge in [-0.05, 0) is 42.8 Å². The molecule has 0 spiro atoms. The Bertz CT molecular complexity index is 984. The van der Waals surface area contributed by atoms with E-state index in [-0.39, 0.29) is 18.2 Å². The summed E-state index contributed by atoms with van der Waals surface area (Å²) < 4.78 is 5.74. The molecular formula is C21H21N3O3S. The number of carbonyl (C=O) groups is 2. The van der Waals surface area contributed by atoms with E-state index in [0.717, 1.165) is 16.3 Å². The average Bonchev–Trinajstić information content (AvgIpc) is 3.07. The van der Waals surface area contributed by atoms with E-state index in [1.54, 1.807) is 24.3 Å². The molecule has 2 amide bonds. The zero-order chi connectivity index (χ0) is 19.9. The largest absolute Gasteiger partial charge is 0.486 e. The monoisotopic (exact) mass is 395 g/mol. The lowest BCUT2D eigenvalue weighted by Crippen LogP contribution is -2.15. The first-order valence-corrected chi connectivity index (χ1v) is 9.66. The van der Waals surface area contributed by atoms with Gasteiger partial charge >= 0.3 is 0 Å². The maximum Gasteiger partial charge on any atom is 0.230 e. The zero-order valence-electron chi connectivity index (χ0n) is 15.7. The number of anilines is 2. The molecule has 3 aromatic rings. The Morgan fingerprint density at radius 1 is 1.07 bits per heavy atom. The summed E-state index contributed by atoms with van der Waals surface area (Å²) in [5, 5.41) is 8.19. The van der Waals surface area contributed by atoms with Gasteiger partial charge < -0.3 is 15.4 Å². The lowest BCUT2D eigenvalue weighted by Gasteiger charge is -2.07. The Morgan fingerprint density at radius 2 is 1.82 bits per heavy atom. The highest BCUT2D eigenvalue weighted by molar-refractivity contribution is 7.09. The molecule has 0 aliphatic rings. The van der Waals surface area contributed by atoms with Crippen molar-refractivity contribution < 1.29 is 14.3 Å². The number of nitrogens with one attached hydrogen (secondary N) is 2. The van der Waals surface area contributed by atoms with Crippen LogP contribution in [-0.2, 0) is 22.6 Å². The second-order valence-corrected chi connectivity index (χ2v) is 7.27. The van der Waals surface area contributed by atoms with E-state index in [4.69, 9.17) is 4.74 Å². The van der Waals surface area contributed by atoms with E-state index in [2.05, 4.69) is 15.6 Å². The first-order valence-electron chi connectivity index (χ1n) is 8.78. The fourth-order valence-corrected chi connectivity index (χ4v) is 3.30. The first-order chi connectivity index (χ1) is 13.5. The predicted octanol–water partition coefficient (Wildman–Crippen LogP) is 4.17. The van der Waals surface area contributed by atoms with Crippen LogP contribution in [0.25, 0.3) is 0 Å². The maximum atomic E-state index is 12.3. The van der Waals surface area contributed by atoms with Crippen LogP contribution in [-0.4, -0.2) is 16.8 Å². The molecule has 7 heteroatoms. The molecule has 0 bridgehead atoms. The number of aryl methyl sites for hydroxylation is 1. The summed E-state index contributed by atoms with van der Waals surface area (Å²) in [6, 6.07) is 14.8. The highest BCUT2D eigenvalue weighted by Gasteiger charge is 2.09. The number of ether oxygens (including phenoxy) is 1. The van der Waals surface area contributed by atoms with Gasteiger partial charge in [-0.3, -0.25) is 9.59 Å². The van der Waals surface area contributed by atoms with Gasteiger partial charge in [-0.2, -0.15) is 0 Å². The third-order valence-electron chi connectivity index (χ3n) is 3.76. The van der Waals surface area contributed by atoms with Gasteiger partial charge in [0.05, 0.1) is 12.1 Å². The second kappa shape index (κ2) is 9.14. The van der Waals surface area contributed by atoms with Crippen LogP contribution in [0.1, 0.15) is 23.2 Å². The summed E-state index contributed by atoms with van der Waals surface area (Å²) >= 11 is 1.47. The van der Waals surface area contributed by atoms with Crippen LogP contribution in [0.5, 0.6) is 5.75 Å². The molecule has 0 radical (unpaired) electrons. The van der Waals surface area contributed by atoms with Crippen LogP contribution in [0.15, 0.2) is 53.9 Å². The molecule has 1 heterocycles. The minimum Gasteiger partial charge on any atom is -0.486 e. The normalized spacial score (nSPS) is 10.4. The Balaban J connectivity index is 1.53. The zero-order valence-corrected chi connectivity index (χ0v) is 16.5. The van der Waals surface area contributed by atoms with Crippen LogP contribution in [0.3, 0.4) is 0 Å². The summed E-state index contributed by atoms with van der Waals surface area (Å²) in [5.41, 5.74) is 3.09. The van der Waals surface area contributed by atoms with Gasteiger partial charge in [0.2, 0.25) is 11.8 Å². The second-order valence-electron chi connectivity index (χ2n) is 6.32. The van der Waals surface area contributed by atoms with Gasteiger partial charge in [0, 0.05) is 23.7 Å². The highest BCUT2D eigenvalue weighted by atomic mass is 32.1. The van der Waals surface area contributed by atoms with Gasteiger partial charge in [0.1, 0.15) is 17.4 Å². The van der Waals surface area contributed by atoms with E-state index < -0.39 is 0 Å². The van der Waals surface area contributed by atoms with E-state index >= 15 is 0 Å². The van der Waals surface area contributed by atoms with Crippen LogP contribution in [0.2, 0.25) is 0 Å². The molecule has 2 N–H and O–H groups in total. The SMILES string of the molecule is CC(=O)Nc1cccc(NC(=O)Cc2csc(COc3cccc(C)c3)n2)c1. The third kappa shape index (κ3) is 5.92. The van der Waals surface area contributed by atoms with Crippen molar-refractivity contribution in [1.29, 1.82) is 0 Å². The fourth-order valence-electron chi connectivity index (χ4n) is 2.59. The number of hydrogen-bond donors (Lipinski definition) is 2. The molecule has 0 saturated carbocycles. The number of nitrogens with zero attached hydrogens (tertiary/aromatic N) is 1. The standard InChI is InChI=1S/C21H21N3O3S/c1-14-5-3-8-19(9-14)27-12-21-24-18(13-28-21)11-20(26)23-17-7-4-6-16(10-17)22-15(2)25/h3-10,13H,11-12H2,1-2H3,(H,22,25)(H,23,26). The van der Waals surface area contributed by atoms with Crippen LogP contribution < -0.4 is 15.4 Å². The molecule has 2 aromatic carbocycles. The Morgan fingerprint density at radius 3 is 2.57 bits per heavy atom. The summed E-state index contributed by atoms with van der Waals surface area (Å²) in [4.78, 5) is 27.9. The number of rotatable bonds is 7. The molecule has 3 rings (SSSR count). The first kappa shape index (κ1) is 19.6. The lowest BCUT2D eigenvalue weighted by atomic mass is 10.2. The molecule has 0 aliphatic carbocycles. The predicted molar refractivity (Wildman–Crippen MR) is 111 cm³/mol. The van der Waals surface area contributed by atoms with E-state index in [9.17, 15) is 9.59 Å². The number of amides is 2. The summed E-state index contributed by atoms with van der Waals surface area (Å²) in [6.07, 6.45) is 0.172. The van der Waals surface area contributed by atoms with Crippen LogP contribution in [0, 0.1) is 6.92 Å². The average molecular weight is 395 g/mol. The van der Waals surface area contributed by atoms with E-state index in [1.165, 1.54) is 18.3 Å². The van der Waals surface area contributed by atoms with Crippen molar-refractivity contribution in [1.82, 2.24) is 4.98 Å². The van der Waals surface area contributed by atoms with E-state index in [0.29, 0.717) is 23.7 Å². The number of hydrogen-bond acceptors (Lipinski definition) is 5. The molecule has 0 saturated heterocycles. The molecule has 0 aliphatic heterocycles. The molecule has 1 aromatic heterocycles.